The van der Waals surface area contributed by atoms with E-state index in [0.29, 0.717) is 30.7 Å². The second kappa shape index (κ2) is 8.90. The molecule has 0 spiro atoms. The van der Waals surface area contributed by atoms with E-state index in [-0.39, 0.29) is 23.1 Å². The summed E-state index contributed by atoms with van der Waals surface area (Å²) in [4.78, 5) is 26.3. The SMILES string of the molecule is CCCS(=O)(=O)c1ccccc1SC(C)C(=O)N1CCCC(C(=O)O)C1. The highest BCUT2D eigenvalue weighted by molar-refractivity contribution is 8.01. The third-order valence-electron chi connectivity index (χ3n) is 4.39. The van der Waals surface area contributed by atoms with Crippen LogP contribution < -0.4 is 0 Å². The maximum absolute atomic E-state index is 12.7. The van der Waals surface area contributed by atoms with Gasteiger partial charge in [0.25, 0.3) is 0 Å². The standard InChI is InChI=1S/C18H25NO5S2/c1-3-11-26(23,24)16-9-5-4-8-15(16)25-13(2)17(20)19-10-6-7-14(12-19)18(21)22/h4-5,8-9,13-14H,3,6-7,10-12H2,1-2H3,(H,21,22). The summed E-state index contributed by atoms with van der Waals surface area (Å²) in [5.41, 5.74) is 0. The van der Waals surface area contributed by atoms with Crippen molar-refractivity contribution < 1.29 is 23.1 Å². The topological polar surface area (TPSA) is 91.8 Å². The summed E-state index contributed by atoms with van der Waals surface area (Å²) in [5.74, 6) is -1.48. The van der Waals surface area contributed by atoms with Crippen LogP contribution >= 0.6 is 11.8 Å². The lowest BCUT2D eigenvalue weighted by atomic mass is 9.98. The van der Waals surface area contributed by atoms with Crippen molar-refractivity contribution >= 4 is 33.5 Å². The Morgan fingerprint density at radius 3 is 2.69 bits per heavy atom. The van der Waals surface area contributed by atoms with Crippen molar-refractivity contribution in [3.63, 3.8) is 0 Å². The number of benzene rings is 1. The average Bonchev–Trinajstić information content (AvgIpc) is 2.61. The van der Waals surface area contributed by atoms with Crippen LogP contribution in [-0.2, 0) is 19.4 Å². The minimum Gasteiger partial charge on any atom is -0.481 e. The maximum atomic E-state index is 12.7. The van der Waals surface area contributed by atoms with Crippen LogP contribution in [0, 0.1) is 5.92 Å². The number of hydrogen-bond acceptors (Lipinski definition) is 5. The molecule has 0 radical (unpaired) electrons. The first kappa shape index (κ1) is 20.8. The Bertz CT molecular complexity index is 763. The van der Waals surface area contributed by atoms with Gasteiger partial charge in [-0.3, -0.25) is 9.59 Å². The molecule has 1 aromatic carbocycles. The second-order valence-corrected chi connectivity index (χ2v) is 9.95. The molecule has 1 N–H and O–H groups in total. The summed E-state index contributed by atoms with van der Waals surface area (Å²) in [6, 6.07) is 6.73. The zero-order valence-corrected chi connectivity index (χ0v) is 16.7. The summed E-state index contributed by atoms with van der Waals surface area (Å²) in [7, 11) is -3.38. The van der Waals surface area contributed by atoms with Gasteiger partial charge in [0, 0.05) is 18.0 Å². The van der Waals surface area contributed by atoms with Gasteiger partial charge in [-0.25, -0.2) is 8.42 Å². The molecular weight excluding hydrogens is 374 g/mol. The van der Waals surface area contributed by atoms with Crippen molar-refractivity contribution in [1.82, 2.24) is 4.90 Å². The van der Waals surface area contributed by atoms with E-state index in [1.807, 2.05) is 6.92 Å². The highest BCUT2D eigenvalue weighted by Crippen LogP contribution is 2.32. The van der Waals surface area contributed by atoms with Crippen molar-refractivity contribution in [3.8, 4) is 0 Å². The lowest BCUT2D eigenvalue weighted by Gasteiger charge is -2.32. The number of rotatable bonds is 7. The van der Waals surface area contributed by atoms with E-state index in [2.05, 4.69) is 0 Å². The monoisotopic (exact) mass is 399 g/mol. The largest absolute Gasteiger partial charge is 0.481 e. The van der Waals surface area contributed by atoms with Crippen LogP contribution in [0.4, 0.5) is 0 Å². The Morgan fingerprint density at radius 2 is 2.04 bits per heavy atom. The molecule has 0 saturated carbocycles. The molecule has 2 atom stereocenters. The summed E-state index contributed by atoms with van der Waals surface area (Å²) < 4.78 is 24.9. The van der Waals surface area contributed by atoms with Gasteiger partial charge < -0.3 is 10.0 Å². The van der Waals surface area contributed by atoms with Gasteiger partial charge in [-0.15, -0.1) is 11.8 Å². The Labute approximate surface area is 158 Å². The van der Waals surface area contributed by atoms with Crippen LogP contribution in [-0.4, -0.2) is 54.4 Å². The van der Waals surface area contributed by atoms with Crippen LogP contribution in [0.1, 0.15) is 33.1 Å². The van der Waals surface area contributed by atoms with Gasteiger partial charge in [0.05, 0.1) is 21.8 Å². The molecule has 1 saturated heterocycles. The Kier molecular flexibility index (Phi) is 7.11. The van der Waals surface area contributed by atoms with E-state index in [4.69, 9.17) is 0 Å². The van der Waals surface area contributed by atoms with Crippen LogP contribution in [0.5, 0.6) is 0 Å². The fraction of sp³-hybridized carbons (Fsp3) is 0.556. The number of likely N-dealkylation sites (tertiary alicyclic amines) is 1. The summed E-state index contributed by atoms with van der Waals surface area (Å²) in [6.07, 6.45) is 1.78. The van der Waals surface area contributed by atoms with Crippen LogP contribution in [0.2, 0.25) is 0 Å². The van der Waals surface area contributed by atoms with E-state index >= 15 is 0 Å². The third kappa shape index (κ3) is 5.01. The number of piperidine rings is 1. The zero-order valence-electron chi connectivity index (χ0n) is 15.1. The van der Waals surface area contributed by atoms with Gasteiger partial charge >= 0.3 is 5.97 Å². The zero-order chi connectivity index (χ0) is 19.3. The number of carboxylic acid groups (broad SMARTS) is 1. The van der Waals surface area contributed by atoms with Crippen molar-refractivity contribution in [1.29, 1.82) is 0 Å². The maximum Gasteiger partial charge on any atom is 0.308 e. The predicted octanol–water partition coefficient (Wildman–Crippen LogP) is 2.67. The number of aliphatic carboxylic acids is 1. The third-order valence-corrected chi connectivity index (χ3v) is 7.66. The summed E-state index contributed by atoms with van der Waals surface area (Å²) in [6.45, 7) is 4.31. The Morgan fingerprint density at radius 1 is 1.35 bits per heavy atom. The number of nitrogens with zero attached hydrogens (tertiary/aromatic N) is 1. The molecule has 0 bridgehead atoms. The highest BCUT2D eigenvalue weighted by Gasteiger charge is 2.31. The van der Waals surface area contributed by atoms with Crippen LogP contribution in [0.3, 0.4) is 0 Å². The van der Waals surface area contributed by atoms with Gasteiger partial charge in [-0.1, -0.05) is 19.1 Å². The molecule has 6 nitrogen and oxygen atoms in total. The molecule has 1 heterocycles. The van der Waals surface area contributed by atoms with Gasteiger partial charge in [0.15, 0.2) is 9.84 Å². The van der Waals surface area contributed by atoms with Gasteiger partial charge in [0.1, 0.15) is 0 Å². The van der Waals surface area contributed by atoms with Crippen molar-refractivity contribution in [2.45, 2.75) is 48.2 Å². The lowest BCUT2D eigenvalue weighted by molar-refractivity contribution is -0.145. The van der Waals surface area contributed by atoms with E-state index in [9.17, 15) is 23.1 Å². The quantitative estimate of drug-likeness (QED) is 0.709. The summed E-state index contributed by atoms with van der Waals surface area (Å²) >= 11 is 1.22. The molecule has 1 amide bonds. The molecule has 26 heavy (non-hydrogen) atoms. The molecule has 8 heteroatoms. The number of carbonyl (C=O) groups excluding carboxylic acids is 1. The van der Waals surface area contributed by atoms with Crippen molar-refractivity contribution in [2.24, 2.45) is 5.92 Å². The van der Waals surface area contributed by atoms with E-state index in [1.165, 1.54) is 11.8 Å². The van der Waals surface area contributed by atoms with E-state index in [1.54, 1.807) is 36.1 Å². The first-order valence-electron chi connectivity index (χ1n) is 8.76. The van der Waals surface area contributed by atoms with E-state index in [0.717, 1.165) is 0 Å². The van der Waals surface area contributed by atoms with Crippen LogP contribution in [0.15, 0.2) is 34.1 Å². The molecule has 1 fully saturated rings. The van der Waals surface area contributed by atoms with Gasteiger partial charge in [0.2, 0.25) is 5.91 Å². The minimum absolute atomic E-state index is 0.0688. The number of thioether (sulfide) groups is 1. The minimum atomic E-state index is -3.38. The number of carboxylic acids is 1. The molecule has 1 aliphatic heterocycles. The Balaban J connectivity index is 2.14. The molecule has 144 valence electrons. The first-order valence-corrected chi connectivity index (χ1v) is 11.3. The van der Waals surface area contributed by atoms with Gasteiger partial charge in [-0.2, -0.15) is 0 Å². The van der Waals surface area contributed by atoms with Crippen molar-refractivity contribution in [3.05, 3.63) is 24.3 Å². The fourth-order valence-corrected chi connectivity index (χ4v) is 5.98. The number of sulfone groups is 1. The second-order valence-electron chi connectivity index (χ2n) is 6.49. The van der Waals surface area contributed by atoms with E-state index < -0.39 is 27.0 Å². The number of hydrogen-bond donors (Lipinski definition) is 1. The highest BCUT2D eigenvalue weighted by atomic mass is 32.2. The molecule has 2 rings (SSSR count). The molecule has 0 aromatic heterocycles. The van der Waals surface area contributed by atoms with Crippen molar-refractivity contribution in [2.75, 3.05) is 18.8 Å². The normalized spacial score (nSPS) is 19.2. The Hall–Kier alpha value is -1.54. The fourth-order valence-electron chi connectivity index (χ4n) is 3.06. The molecule has 1 aromatic rings. The summed E-state index contributed by atoms with van der Waals surface area (Å²) in [5, 5.41) is 8.69. The molecule has 1 aliphatic rings. The molecule has 2 unspecified atom stereocenters. The predicted molar refractivity (Wildman–Crippen MR) is 101 cm³/mol. The number of carbonyl (C=O) groups is 2. The lowest BCUT2D eigenvalue weighted by Crippen LogP contribution is -2.45. The molecule has 0 aliphatic carbocycles. The average molecular weight is 400 g/mol. The first-order chi connectivity index (χ1) is 12.3. The number of amides is 1. The smallest absolute Gasteiger partial charge is 0.308 e. The van der Waals surface area contributed by atoms with Crippen LogP contribution in [0.25, 0.3) is 0 Å². The van der Waals surface area contributed by atoms with Gasteiger partial charge in [-0.05, 0) is 38.3 Å². The molecular formula is C18H25NO5S2.